The predicted molar refractivity (Wildman–Crippen MR) is 140 cm³/mol. The number of benzene rings is 2. The molecule has 0 unspecified atom stereocenters. The van der Waals surface area contributed by atoms with Crippen LogP contribution < -0.4 is 14.9 Å². The second-order valence-corrected chi connectivity index (χ2v) is 9.28. The van der Waals surface area contributed by atoms with E-state index in [2.05, 4.69) is 19.8 Å². The third kappa shape index (κ3) is 7.43. The van der Waals surface area contributed by atoms with Crippen molar-refractivity contribution in [2.45, 2.75) is 13.5 Å². The first-order valence-corrected chi connectivity index (χ1v) is 12.2. The predicted octanol–water partition coefficient (Wildman–Crippen LogP) is 3.62. The van der Waals surface area contributed by atoms with Crippen LogP contribution in [-0.2, 0) is 16.6 Å². The molecule has 0 atom stereocenters. The van der Waals surface area contributed by atoms with Crippen molar-refractivity contribution in [1.82, 2.24) is 10.2 Å². The van der Waals surface area contributed by atoms with Gasteiger partial charge in [0.25, 0.3) is 0 Å². The number of nitrogens with one attached hydrogen (secondary N) is 2. The summed E-state index contributed by atoms with van der Waals surface area (Å²) in [6.07, 6.45) is 1.15. The summed E-state index contributed by atoms with van der Waals surface area (Å²) in [5, 5.41) is 4.11. The number of sulfonamides is 1. The van der Waals surface area contributed by atoms with Crippen molar-refractivity contribution in [3.8, 4) is 0 Å². The maximum atomic E-state index is 11.6. The quantitative estimate of drug-likeness (QED) is 0.312. The normalized spacial score (nSPS) is 14.7. The third-order valence-electron chi connectivity index (χ3n) is 4.82. The molecule has 31 heavy (non-hydrogen) atoms. The summed E-state index contributed by atoms with van der Waals surface area (Å²) in [5.74, 6) is 0.825. The van der Waals surface area contributed by atoms with E-state index in [4.69, 9.17) is 16.6 Å². The average Bonchev–Trinajstić information content (AvgIpc) is 2.72. The Labute approximate surface area is 206 Å². The Kier molecular flexibility index (Phi) is 9.70. The molecular formula is C21H29ClIN5O2S. The number of hydrogen-bond acceptors (Lipinski definition) is 4. The molecule has 7 nitrogen and oxygen atoms in total. The number of halogens is 2. The lowest BCUT2D eigenvalue weighted by molar-refractivity contribution is 0.372. The lowest BCUT2D eigenvalue weighted by Crippen LogP contribution is -2.52. The van der Waals surface area contributed by atoms with Crippen LogP contribution in [0.2, 0.25) is 5.02 Å². The Morgan fingerprint density at radius 3 is 2.35 bits per heavy atom. The van der Waals surface area contributed by atoms with Crippen LogP contribution >= 0.6 is 35.6 Å². The minimum Gasteiger partial charge on any atom is -0.367 e. The number of para-hydroxylation sites is 2. The minimum absolute atomic E-state index is 0. The highest BCUT2D eigenvalue weighted by Crippen LogP contribution is 2.26. The van der Waals surface area contributed by atoms with Crippen LogP contribution in [0.5, 0.6) is 0 Å². The summed E-state index contributed by atoms with van der Waals surface area (Å²) in [6, 6.07) is 15.2. The Morgan fingerprint density at radius 2 is 1.71 bits per heavy atom. The maximum absolute atomic E-state index is 11.6. The number of aliphatic imine (C=N–C) groups is 1. The highest BCUT2D eigenvalue weighted by molar-refractivity contribution is 14.0. The lowest BCUT2D eigenvalue weighted by Gasteiger charge is -2.38. The molecule has 170 valence electrons. The zero-order valence-electron chi connectivity index (χ0n) is 17.7. The van der Waals surface area contributed by atoms with E-state index in [1.54, 1.807) is 12.1 Å². The molecule has 0 aliphatic carbocycles. The van der Waals surface area contributed by atoms with E-state index in [1.165, 1.54) is 0 Å². The van der Waals surface area contributed by atoms with Crippen molar-refractivity contribution in [3.63, 3.8) is 0 Å². The number of anilines is 2. The molecule has 1 aliphatic rings. The van der Waals surface area contributed by atoms with Gasteiger partial charge in [0.2, 0.25) is 10.0 Å². The molecule has 2 aromatic rings. The number of hydrogen-bond donors (Lipinski definition) is 2. The first-order chi connectivity index (χ1) is 14.4. The van der Waals surface area contributed by atoms with Crippen LogP contribution in [0.4, 0.5) is 11.4 Å². The van der Waals surface area contributed by atoms with Crippen molar-refractivity contribution in [1.29, 1.82) is 0 Å². The molecule has 0 bridgehead atoms. The molecule has 10 heteroatoms. The van der Waals surface area contributed by atoms with Gasteiger partial charge < -0.3 is 15.1 Å². The fourth-order valence-corrected chi connectivity index (χ4v) is 4.26. The Balaban J connectivity index is 0.00000341. The van der Waals surface area contributed by atoms with Crippen LogP contribution in [0.1, 0.15) is 12.5 Å². The Morgan fingerprint density at radius 1 is 1.06 bits per heavy atom. The van der Waals surface area contributed by atoms with Crippen LogP contribution in [0.3, 0.4) is 0 Å². The fraction of sp³-hybridized carbons (Fsp3) is 0.381. The second-order valence-electron chi connectivity index (χ2n) is 7.13. The molecule has 0 spiro atoms. The molecule has 1 saturated heterocycles. The summed E-state index contributed by atoms with van der Waals surface area (Å²) in [7, 11) is -3.35. The zero-order valence-corrected chi connectivity index (χ0v) is 21.6. The van der Waals surface area contributed by atoms with Gasteiger partial charge in [-0.25, -0.2) is 13.4 Å². The fourth-order valence-electron chi connectivity index (χ4n) is 3.41. The second kappa shape index (κ2) is 11.8. The van der Waals surface area contributed by atoms with Gasteiger partial charge >= 0.3 is 0 Å². The highest BCUT2D eigenvalue weighted by atomic mass is 127. The first-order valence-electron chi connectivity index (χ1n) is 9.96. The van der Waals surface area contributed by atoms with Crippen molar-refractivity contribution in [3.05, 3.63) is 59.1 Å². The molecule has 3 rings (SSSR count). The van der Waals surface area contributed by atoms with Crippen LogP contribution in [0, 0.1) is 0 Å². The zero-order chi connectivity index (χ0) is 21.6. The lowest BCUT2D eigenvalue weighted by atomic mass is 10.2. The number of nitrogens with zero attached hydrogens (tertiary/aromatic N) is 3. The van der Waals surface area contributed by atoms with E-state index in [9.17, 15) is 8.42 Å². The largest absolute Gasteiger partial charge is 0.367 e. The van der Waals surface area contributed by atoms with Crippen molar-refractivity contribution in [2.24, 2.45) is 4.99 Å². The molecule has 0 saturated carbocycles. The highest BCUT2D eigenvalue weighted by Gasteiger charge is 2.21. The van der Waals surface area contributed by atoms with E-state index in [0.29, 0.717) is 12.2 Å². The molecule has 1 fully saturated rings. The van der Waals surface area contributed by atoms with Crippen molar-refractivity contribution < 1.29 is 8.42 Å². The van der Waals surface area contributed by atoms with Crippen LogP contribution in [0.25, 0.3) is 0 Å². The Bertz CT molecular complexity index is 995. The summed E-state index contributed by atoms with van der Waals surface area (Å²) in [6.45, 7) is 6.51. The molecule has 1 aliphatic heterocycles. The summed E-state index contributed by atoms with van der Waals surface area (Å²) < 4.78 is 25.8. The van der Waals surface area contributed by atoms with Gasteiger partial charge in [0.05, 0.1) is 29.2 Å². The van der Waals surface area contributed by atoms with Crippen molar-refractivity contribution >= 4 is 62.9 Å². The summed E-state index contributed by atoms with van der Waals surface area (Å²) in [5.41, 5.74) is 2.44. The number of piperazine rings is 1. The number of rotatable bonds is 6. The van der Waals surface area contributed by atoms with Crippen molar-refractivity contribution in [2.75, 3.05) is 48.6 Å². The summed E-state index contributed by atoms with van der Waals surface area (Å²) >= 11 is 6.34. The molecule has 1 heterocycles. The van der Waals surface area contributed by atoms with E-state index in [-0.39, 0.29) is 24.0 Å². The topological polar surface area (TPSA) is 77.0 Å². The van der Waals surface area contributed by atoms with Gasteiger partial charge in [0, 0.05) is 32.7 Å². The van der Waals surface area contributed by atoms with Gasteiger partial charge in [-0.3, -0.25) is 4.72 Å². The molecular weight excluding hydrogens is 549 g/mol. The minimum atomic E-state index is -3.35. The molecule has 0 aromatic heterocycles. The standard InChI is InChI=1S/C21H28ClN5O2S.HI/c1-3-23-21(24-16-17-8-4-6-10-19(17)25-30(2,28)29)27-14-12-26(13-15-27)20-11-7-5-9-18(20)22;/h4-11,25H,3,12-16H2,1-2H3,(H,23,24);1H. The molecule has 2 aromatic carbocycles. The van der Waals surface area contributed by atoms with Crippen LogP contribution in [0.15, 0.2) is 53.5 Å². The van der Waals surface area contributed by atoms with Crippen LogP contribution in [-0.4, -0.2) is 58.3 Å². The monoisotopic (exact) mass is 577 g/mol. The van der Waals surface area contributed by atoms with E-state index >= 15 is 0 Å². The smallest absolute Gasteiger partial charge is 0.229 e. The number of guanidine groups is 1. The molecule has 0 radical (unpaired) electrons. The van der Waals surface area contributed by atoms with Gasteiger partial charge in [-0.1, -0.05) is 41.9 Å². The van der Waals surface area contributed by atoms with E-state index in [1.807, 2.05) is 43.3 Å². The molecule has 2 N–H and O–H groups in total. The SMILES string of the molecule is CCNC(=NCc1ccccc1NS(C)(=O)=O)N1CCN(c2ccccc2Cl)CC1.I. The van der Waals surface area contributed by atoms with Gasteiger partial charge in [-0.05, 0) is 30.7 Å². The van der Waals surface area contributed by atoms with Gasteiger partial charge in [0.15, 0.2) is 5.96 Å². The Hall–Kier alpha value is -1.72. The van der Waals surface area contributed by atoms with E-state index in [0.717, 1.165) is 61.2 Å². The maximum Gasteiger partial charge on any atom is 0.229 e. The average molecular weight is 578 g/mol. The van der Waals surface area contributed by atoms with Gasteiger partial charge in [-0.2, -0.15) is 0 Å². The van der Waals surface area contributed by atoms with E-state index < -0.39 is 10.0 Å². The third-order valence-corrected chi connectivity index (χ3v) is 5.73. The summed E-state index contributed by atoms with van der Waals surface area (Å²) in [4.78, 5) is 9.28. The van der Waals surface area contributed by atoms with Gasteiger partial charge in [-0.15, -0.1) is 24.0 Å². The molecule has 0 amide bonds. The first kappa shape index (κ1) is 25.5. The van der Waals surface area contributed by atoms with Gasteiger partial charge in [0.1, 0.15) is 0 Å².